The largest absolute Gasteiger partial charge is 0.496 e. The highest BCUT2D eigenvalue weighted by atomic mass is 79.9. The van der Waals surface area contributed by atoms with Crippen LogP contribution in [0.15, 0.2) is 45.3 Å². The molecule has 2 aromatic carbocycles. The summed E-state index contributed by atoms with van der Waals surface area (Å²) < 4.78 is 7.30. The molecule has 2 aromatic rings. The van der Waals surface area contributed by atoms with Crippen LogP contribution in [0.2, 0.25) is 0 Å². The van der Waals surface area contributed by atoms with Crippen LogP contribution in [0, 0.1) is 6.92 Å². The Hall–Kier alpha value is -0.840. The second-order valence-corrected chi connectivity index (χ2v) is 6.57. The van der Waals surface area contributed by atoms with Crippen molar-refractivity contribution in [2.45, 2.75) is 19.4 Å². The molecule has 2 nitrogen and oxygen atoms in total. The van der Waals surface area contributed by atoms with Crippen molar-refractivity contribution in [2.24, 2.45) is 0 Å². The quantitative estimate of drug-likeness (QED) is 0.799. The number of benzene rings is 2. The second-order valence-electron chi connectivity index (χ2n) is 4.74. The van der Waals surface area contributed by atoms with Crippen LogP contribution >= 0.6 is 31.9 Å². The van der Waals surface area contributed by atoms with Gasteiger partial charge in [-0.2, -0.15) is 0 Å². The fourth-order valence-electron chi connectivity index (χ4n) is 2.19. The Morgan fingerprint density at radius 1 is 1.10 bits per heavy atom. The van der Waals surface area contributed by atoms with Crippen LogP contribution in [0.3, 0.4) is 0 Å². The Morgan fingerprint density at radius 3 is 2.50 bits per heavy atom. The Kier molecular flexibility index (Phi) is 5.24. The molecule has 0 saturated carbocycles. The van der Waals surface area contributed by atoms with E-state index in [2.05, 4.69) is 31.9 Å². The van der Waals surface area contributed by atoms with Gasteiger partial charge in [0.15, 0.2) is 0 Å². The van der Waals surface area contributed by atoms with Crippen LogP contribution in [0.4, 0.5) is 0 Å². The van der Waals surface area contributed by atoms with E-state index in [4.69, 9.17) is 4.74 Å². The van der Waals surface area contributed by atoms with Crippen LogP contribution < -0.4 is 4.74 Å². The van der Waals surface area contributed by atoms with Gasteiger partial charge in [0.2, 0.25) is 0 Å². The molecule has 1 N–H and O–H groups in total. The summed E-state index contributed by atoms with van der Waals surface area (Å²) in [6.45, 7) is 2.01. The summed E-state index contributed by atoms with van der Waals surface area (Å²) in [5.74, 6) is 0.791. The number of aliphatic hydroxyl groups is 1. The van der Waals surface area contributed by atoms with Gasteiger partial charge < -0.3 is 9.84 Å². The van der Waals surface area contributed by atoms with Gasteiger partial charge in [-0.25, -0.2) is 0 Å². The molecule has 0 bridgehead atoms. The Labute approximate surface area is 136 Å². The number of aryl methyl sites for hydroxylation is 1. The first kappa shape index (κ1) is 15.5. The van der Waals surface area contributed by atoms with E-state index in [0.29, 0.717) is 6.42 Å². The van der Waals surface area contributed by atoms with Gasteiger partial charge >= 0.3 is 0 Å². The SMILES string of the molecule is COc1ccc(Br)cc1CC(O)c1cc(C)cc(Br)c1. The van der Waals surface area contributed by atoms with E-state index in [0.717, 1.165) is 31.4 Å². The fourth-order valence-corrected chi connectivity index (χ4v) is 3.22. The molecular formula is C16H16Br2O2. The summed E-state index contributed by atoms with van der Waals surface area (Å²) in [7, 11) is 1.64. The van der Waals surface area contributed by atoms with Crippen molar-refractivity contribution >= 4 is 31.9 Å². The third kappa shape index (κ3) is 3.84. The van der Waals surface area contributed by atoms with Crippen LogP contribution in [0.1, 0.15) is 22.8 Å². The van der Waals surface area contributed by atoms with E-state index in [1.165, 1.54) is 0 Å². The Balaban J connectivity index is 2.27. The molecule has 20 heavy (non-hydrogen) atoms. The maximum atomic E-state index is 10.4. The monoisotopic (exact) mass is 398 g/mol. The third-order valence-corrected chi connectivity index (χ3v) is 4.06. The van der Waals surface area contributed by atoms with Crippen molar-refractivity contribution in [3.05, 3.63) is 62.0 Å². The van der Waals surface area contributed by atoms with E-state index in [1.54, 1.807) is 7.11 Å². The maximum absolute atomic E-state index is 10.4. The standard InChI is InChI=1S/C16H16Br2O2/c1-10-5-11(7-14(18)6-10)15(19)9-12-8-13(17)3-4-16(12)20-2/h3-8,15,19H,9H2,1-2H3. The molecule has 106 valence electrons. The first-order valence-electron chi connectivity index (χ1n) is 6.27. The zero-order valence-electron chi connectivity index (χ0n) is 11.4. The van der Waals surface area contributed by atoms with Crippen molar-refractivity contribution in [1.29, 1.82) is 0 Å². The minimum absolute atomic E-state index is 0.512. The lowest BCUT2D eigenvalue weighted by Gasteiger charge is -2.15. The number of ether oxygens (including phenoxy) is 1. The predicted molar refractivity (Wildman–Crippen MR) is 88.2 cm³/mol. The van der Waals surface area contributed by atoms with Crippen molar-refractivity contribution in [1.82, 2.24) is 0 Å². The molecule has 0 saturated heterocycles. The number of rotatable bonds is 4. The molecule has 0 radical (unpaired) electrons. The van der Waals surface area contributed by atoms with Gasteiger partial charge in [-0.1, -0.05) is 37.9 Å². The predicted octanol–water partition coefficient (Wildman–Crippen LogP) is 4.80. The van der Waals surface area contributed by atoms with E-state index in [1.807, 2.05) is 43.3 Å². The molecule has 0 aromatic heterocycles. The Bertz CT molecular complexity index is 591. The van der Waals surface area contributed by atoms with Crippen LogP contribution in [-0.4, -0.2) is 12.2 Å². The first-order valence-corrected chi connectivity index (χ1v) is 7.86. The van der Waals surface area contributed by atoms with Crippen LogP contribution in [0.25, 0.3) is 0 Å². The zero-order chi connectivity index (χ0) is 14.7. The first-order chi connectivity index (χ1) is 9.49. The van der Waals surface area contributed by atoms with E-state index in [-0.39, 0.29) is 0 Å². The minimum Gasteiger partial charge on any atom is -0.496 e. The van der Waals surface area contributed by atoms with Crippen LogP contribution in [-0.2, 0) is 6.42 Å². The molecule has 1 unspecified atom stereocenters. The molecule has 0 spiro atoms. The zero-order valence-corrected chi connectivity index (χ0v) is 14.5. The van der Waals surface area contributed by atoms with Crippen molar-refractivity contribution in [3.8, 4) is 5.75 Å². The average molecular weight is 400 g/mol. The lowest BCUT2D eigenvalue weighted by atomic mass is 9.99. The lowest BCUT2D eigenvalue weighted by molar-refractivity contribution is 0.177. The van der Waals surface area contributed by atoms with E-state index < -0.39 is 6.10 Å². The Morgan fingerprint density at radius 2 is 1.85 bits per heavy atom. The topological polar surface area (TPSA) is 29.5 Å². The van der Waals surface area contributed by atoms with Gasteiger partial charge in [0.25, 0.3) is 0 Å². The smallest absolute Gasteiger partial charge is 0.122 e. The van der Waals surface area contributed by atoms with Gasteiger partial charge in [0.1, 0.15) is 5.75 Å². The summed E-state index contributed by atoms with van der Waals surface area (Å²) in [6, 6.07) is 11.8. The third-order valence-electron chi connectivity index (χ3n) is 3.10. The summed E-state index contributed by atoms with van der Waals surface area (Å²) in [5, 5.41) is 10.4. The highest BCUT2D eigenvalue weighted by Crippen LogP contribution is 2.29. The maximum Gasteiger partial charge on any atom is 0.122 e. The van der Waals surface area contributed by atoms with Gasteiger partial charge in [-0.3, -0.25) is 0 Å². The lowest BCUT2D eigenvalue weighted by Crippen LogP contribution is -2.04. The molecule has 0 heterocycles. The molecule has 0 fully saturated rings. The summed E-state index contributed by atoms with van der Waals surface area (Å²) >= 11 is 6.91. The van der Waals surface area contributed by atoms with Gasteiger partial charge in [-0.15, -0.1) is 0 Å². The van der Waals surface area contributed by atoms with Gasteiger partial charge in [-0.05, 0) is 53.9 Å². The molecule has 0 aliphatic carbocycles. The number of methoxy groups -OCH3 is 1. The molecular weight excluding hydrogens is 384 g/mol. The van der Waals surface area contributed by atoms with Crippen LogP contribution in [0.5, 0.6) is 5.75 Å². The second kappa shape index (κ2) is 6.74. The normalized spacial score (nSPS) is 12.2. The minimum atomic E-state index is -0.561. The van der Waals surface area contributed by atoms with Crippen molar-refractivity contribution < 1.29 is 9.84 Å². The molecule has 0 aliphatic heterocycles. The van der Waals surface area contributed by atoms with E-state index in [9.17, 15) is 5.11 Å². The highest BCUT2D eigenvalue weighted by molar-refractivity contribution is 9.10. The number of hydrogen-bond acceptors (Lipinski definition) is 2. The summed E-state index contributed by atoms with van der Waals surface area (Å²) in [4.78, 5) is 0. The number of hydrogen-bond donors (Lipinski definition) is 1. The molecule has 1 atom stereocenters. The molecule has 0 aliphatic rings. The molecule has 4 heteroatoms. The number of aliphatic hydroxyl groups excluding tert-OH is 1. The van der Waals surface area contributed by atoms with Gasteiger partial charge in [0.05, 0.1) is 13.2 Å². The number of halogens is 2. The van der Waals surface area contributed by atoms with Gasteiger partial charge in [0, 0.05) is 15.4 Å². The van der Waals surface area contributed by atoms with E-state index >= 15 is 0 Å². The molecule has 2 rings (SSSR count). The average Bonchev–Trinajstić information content (AvgIpc) is 2.37. The summed E-state index contributed by atoms with van der Waals surface area (Å²) in [6.07, 6.45) is -0.0483. The summed E-state index contributed by atoms with van der Waals surface area (Å²) in [5.41, 5.74) is 3.00. The highest BCUT2D eigenvalue weighted by Gasteiger charge is 2.13. The van der Waals surface area contributed by atoms with Crippen molar-refractivity contribution in [3.63, 3.8) is 0 Å². The van der Waals surface area contributed by atoms with Crippen molar-refractivity contribution in [2.75, 3.05) is 7.11 Å². The molecule has 0 amide bonds. The fraction of sp³-hybridized carbons (Fsp3) is 0.250.